The lowest BCUT2D eigenvalue weighted by molar-refractivity contribution is 0.0600. The zero-order chi connectivity index (χ0) is 21.8. The van der Waals surface area contributed by atoms with Gasteiger partial charge in [0.05, 0.1) is 37.1 Å². The third-order valence-corrected chi connectivity index (χ3v) is 5.74. The van der Waals surface area contributed by atoms with Crippen molar-refractivity contribution in [1.82, 2.24) is 19.8 Å². The van der Waals surface area contributed by atoms with Crippen molar-refractivity contribution in [2.45, 2.75) is 12.1 Å². The maximum atomic E-state index is 11.8. The lowest BCUT2D eigenvalue weighted by Crippen LogP contribution is -2.33. The van der Waals surface area contributed by atoms with E-state index in [1.807, 2.05) is 42.6 Å². The van der Waals surface area contributed by atoms with Gasteiger partial charge in [-0.1, -0.05) is 6.07 Å². The normalized spacial score (nSPS) is 18.1. The minimum atomic E-state index is -0.356. The van der Waals surface area contributed by atoms with Crippen molar-refractivity contribution in [1.29, 1.82) is 0 Å². The number of aromatic nitrogens is 2. The Hall–Kier alpha value is -3.23. The van der Waals surface area contributed by atoms with Gasteiger partial charge in [-0.2, -0.15) is 0 Å². The van der Waals surface area contributed by atoms with E-state index in [0.29, 0.717) is 23.8 Å². The Morgan fingerprint density at radius 1 is 1.13 bits per heavy atom. The van der Waals surface area contributed by atoms with E-state index in [9.17, 15) is 4.79 Å². The lowest BCUT2D eigenvalue weighted by atomic mass is 10.0. The van der Waals surface area contributed by atoms with Crippen molar-refractivity contribution in [3.63, 3.8) is 0 Å². The first-order valence-electron chi connectivity index (χ1n) is 9.97. The van der Waals surface area contributed by atoms with E-state index in [1.165, 1.54) is 7.11 Å². The molecule has 4 rings (SSSR count). The van der Waals surface area contributed by atoms with Gasteiger partial charge in [0, 0.05) is 37.4 Å². The molecule has 1 aromatic carbocycles. The van der Waals surface area contributed by atoms with Gasteiger partial charge in [0.2, 0.25) is 0 Å². The van der Waals surface area contributed by atoms with Crippen molar-refractivity contribution in [2.24, 2.45) is 0 Å². The third-order valence-electron chi connectivity index (χ3n) is 5.38. The molecule has 1 saturated heterocycles. The summed E-state index contributed by atoms with van der Waals surface area (Å²) in [5, 5.41) is 4.12. The first-order valence-corrected chi connectivity index (χ1v) is 10.4. The number of thiocarbonyl (C=S) groups is 1. The van der Waals surface area contributed by atoms with Crippen LogP contribution in [-0.2, 0) is 9.47 Å². The Balaban J connectivity index is 1.74. The van der Waals surface area contributed by atoms with Crippen LogP contribution in [0.25, 0.3) is 5.69 Å². The average molecular weight is 437 g/mol. The molecule has 0 aliphatic carbocycles. The molecule has 7 nitrogen and oxygen atoms in total. The van der Waals surface area contributed by atoms with Crippen LogP contribution in [-0.4, -0.2) is 52.9 Å². The molecule has 1 N–H and O–H groups in total. The number of nitrogens with one attached hydrogen (secondary N) is 1. The highest BCUT2D eigenvalue weighted by Gasteiger charge is 2.41. The van der Waals surface area contributed by atoms with Gasteiger partial charge in [-0.15, -0.1) is 0 Å². The highest BCUT2D eigenvalue weighted by atomic mass is 32.1. The Labute approximate surface area is 186 Å². The summed E-state index contributed by atoms with van der Waals surface area (Å²) in [4.78, 5) is 18.5. The quantitative estimate of drug-likeness (QED) is 0.450. The molecule has 0 spiro atoms. The molecule has 0 bridgehead atoms. The Kier molecular flexibility index (Phi) is 6.29. The van der Waals surface area contributed by atoms with Crippen molar-refractivity contribution < 1.29 is 14.3 Å². The van der Waals surface area contributed by atoms with Crippen molar-refractivity contribution >= 4 is 23.3 Å². The molecule has 3 aromatic rings. The third kappa shape index (κ3) is 4.17. The summed E-state index contributed by atoms with van der Waals surface area (Å²) in [6, 6.07) is 17.2. The van der Waals surface area contributed by atoms with Gasteiger partial charge in [-0.05, 0) is 60.7 Å². The van der Waals surface area contributed by atoms with Crippen LogP contribution >= 0.6 is 12.2 Å². The predicted molar refractivity (Wildman–Crippen MR) is 121 cm³/mol. The predicted octanol–water partition coefficient (Wildman–Crippen LogP) is 3.28. The number of carbonyl (C=O) groups is 1. The van der Waals surface area contributed by atoms with E-state index < -0.39 is 0 Å². The SMILES string of the molecule is COCCN1C(=S)NC(c2ccccn2)C1c1cccn1-c1ccc(C(=O)OC)cc1. The summed E-state index contributed by atoms with van der Waals surface area (Å²) in [6.45, 7) is 1.21. The number of hydrogen-bond acceptors (Lipinski definition) is 5. The Bertz CT molecular complexity index is 1050. The second-order valence-corrected chi connectivity index (χ2v) is 7.54. The van der Waals surface area contributed by atoms with E-state index in [2.05, 4.69) is 25.8 Å². The summed E-state index contributed by atoms with van der Waals surface area (Å²) >= 11 is 5.67. The van der Waals surface area contributed by atoms with Crippen LogP contribution in [0.5, 0.6) is 0 Å². The van der Waals surface area contributed by atoms with Gasteiger partial charge in [-0.25, -0.2) is 4.79 Å². The molecule has 31 heavy (non-hydrogen) atoms. The fourth-order valence-corrected chi connectivity index (χ4v) is 4.24. The van der Waals surface area contributed by atoms with Gasteiger partial charge < -0.3 is 24.3 Å². The van der Waals surface area contributed by atoms with Crippen molar-refractivity contribution in [3.8, 4) is 5.69 Å². The number of methoxy groups -OCH3 is 2. The van der Waals surface area contributed by atoms with E-state index in [4.69, 9.17) is 21.7 Å². The molecule has 3 heterocycles. The van der Waals surface area contributed by atoms with Gasteiger partial charge in [0.15, 0.2) is 5.11 Å². The number of rotatable bonds is 7. The molecular weight excluding hydrogens is 412 g/mol. The highest BCUT2D eigenvalue weighted by Crippen LogP contribution is 2.39. The standard InChI is InChI=1S/C23H24N4O3S/c1-29-15-14-27-21(20(25-23(27)31)18-6-3-4-12-24-18)19-7-5-13-26(19)17-10-8-16(9-11-17)22(28)30-2/h3-13,20-21H,14-15H2,1-2H3,(H,25,31). The second kappa shape index (κ2) is 9.28. The Morgan fingerprint density at radius 2 is 1.94 bits per heavy atom. The molecule has 0 saturated carbocycles. The monoisotopic (exact) mass is 436 g/mol. The van der Waals surface area contributed by atoms with E-state index in [-0.39, 0.29) is 18.1 Å². The summed E-state index contributed by atoms with van der Waals surface area (Å²) in [5.41, 5.74) is 3.43. The molecule has 1 aliphatic heterocycles. The number of benzene rings is 1. The molecule has 1 aliphatic rings. The summed E-state index contributed by atoms with van der Waals surface area (Å²) in [6.07, 6.45) is 3.80. The molecule has 0 radical (unpaired) electrons. The van der Waals surface area contributed by atoms with Gasteiger partial charge in [0.1, 0.15) is 0 Å². The van der Waals surface area contributed by atoms with Crippen LogP contribution in [0.15, 0.2) is 67.0 Å². The Morgan fingerprint density at radius 3 is 2.61 bits per heavy atom. The smallest absolute Gasteiger partial charge is 0.337 e. The van der Waals surface area contributed by atoms with Crippen molar-refractivity contribution in [2.75, 3.05) is 27.4 Å². The second-order valence-electron chi connectivity index (χ2n) is 7.15. The number of pyridine rings is 1. The fraction of sp³-hybridized carbons (Fsp3) is 0.261. The van der Waals surface area contributed by atoms with Crippen LogP contribution in [0.1, 0.15) is 33.8 Å². The van der Waals surface area contributed by atoms with Crippen LogP contribution in [0.4, 0.5) is 0 Å². The van der Waals surface area contributed by atoms with Crippen LogP contribution in [0.3, 0.4) is 0 Å². The number of carbonyl (C=O) groups excluding carboxylic acids is 1. The molecule has 0 amide bonds. The number of ether oxygens (including phenoxy) is 2. The molecular formula is C23H24N4O3S. The number of hydrogen-bond donors (Lipinski definition) is 1. The molecule has 1 fully saturated rings. The molecule has 2 aromatic heterocycles. The largest absolute Gasteiger partial charge is 0.465 e. The molecule has 8 heteroatoms. The summed E-state index contributed by atoms with van der Waals surface area (Å²) in [7, 11) is 3.06. The number of nitrogens with zero attached hydrogens (tertiary/aromatic N) is 3. The first-order chi connectivity index (χ1) is 15.1. The lowest BCUT2D eigenvalue weighted by Gasteiger charge is -2.28. The molecule has 2 atom stereocenters. The van der Waals surface area contributed by atoms with Crippen LogP contribution < -0.4 is 5.32 Å². The molecule has 2 unspecified atom stereocenters. The van der Waals surface area contributed by atoms with E-state index in [1.54, 1.807) is 25.4 Å². The number of esters is 1. The van der Waals surface area contributed by atoms with Crippen LogP contribution in [0.2, 0.25) is 0 Å². The maximum absolute atomic E-state index is 11.8. The summed E-state index contributed by atoms with van der Waals surface area (Å²) < 4.78 is 12.2. The van der Waals surface area contributed by atoms with Crippen molar-refractivity contribution in [3.05, 3.63) is 83.9 Å². The first kappa shape index (κ1) is 21.0. The minimum Gasteiger partial charge on any atom is -0.465 e. The van der Waals surface area contributed by atoms with Gasteiger partial charge >= 0.3 is 5.97 Å². The zero-order valence-electron chi connectivity index (χ0n) is 17.4. The highest BCUT2D eigenvalue weighted by molar-refractivity contribution is 7.80. The van der Waals surface area contributed by atoms with Gasteiger partial charge in [0.25, 0.3) is 0 Å². The van der Waals surface area contributed by atoms with Gasteiger partial charge in [-0.3, -0.25) is 4.98 Å². The average Bonchev–Trinajstić information content (AvgIpc) is 3.42. The van der Waals surface area contributed by atoms with E-state index >= 15 is 0 Å². The van der Waals surface area contributed by atoms with E-state index in [0.717, 1.165) is 17.1 Å². The maximum Gasteiger partial charge on any atom is 0.337 e. The fourth-order valence-electron chi connectivity index (χ4n) is 3.90. The van der Waals surface area contributed by atoms with Crippen LogP contribution in [0, 0.1) is 0 Å². The summed E-state index contributed by atoms with van der Waals surface area (Å²) in [5.74, 6) is -0.356. The minimum absolute atomic E-state index is 0.0761. The zero-order valence-corrected chi connectivity index (χ0v) is 18.2. The molecule has 160 valence electrons. The topological polar surface area (TPSA) is 68.6 Å².